The highest BCUT2D eigenvalue weighted by atomic mass is 35.5. The Balaban J connectivity index is 1.41. The Bertz CT molecular complexity index is 1330. The number of hydrogen-bond acceptors (Lipinski definition) is 5. The van der Waals surface area contributed by atoms with Crippen LogP contribution >= 0.6 is 11.6 Å². The lowest BCUT2D eigenvalue weighted by molar-refractivity contribution is 0.102. The lowest BCUT2D eigenvalue weighted by Crippen LogP contribution is -2.30. The van der Waals surface area contributed by atoms with Crippen molar-refractivity contribution in [3.63, 3.8) is 0 Å². The van der Waals surface area contributed by atoms with Crippen LogP contribution < -0.4 is 21.3 Å². The summed E-state index contributed by atoms with van der Waals surface area (Å²) < 4.78 is 13.4. The molecule has 35 heavy (non-hydrogen) atoms. The van der Waals surface area contributed by atoms with E-state index in [1.165, 1.54) is 0 Å². The summed E-state index contributed by atoms with van der Waals surface area (Å²) in [5.74, 6) is 0.383. The van der Waals surface area contributed by atoms with E-state index in [1.807, 2.05) is 55.2 Å². The Hall–Kier alpha value is -3.29. The van der Waals surface area contributed by atoms with Gasteiger partial charge in [-0.05, 0) is 55.7 Å². The van der Waals surface area contributed by atoms with Gasteiger partial charge in [-0.2, -0.15) is 0 Å². The second-order valence-electron chi connectivity index (χ2n) is 8.75. The molecule has 0 saturated carbocycles. The zero-order chi connectivity index (χ0) is 24.9. The van der Waals surface area contributed by atoms with E-state index < -0.39 is 6.17 Å². The van der Waals surface area contributed by atoms with Crippen molar-refractivity contribution < 1.29 is 9.18 Å². The SMILES string of the molecule is C=c1nc(NC(C)c2cccc(NC(=O)c3ccc(CN4CC[C@@H](F)C4)c(Cl)c3)c2)cn/c1=C/C. The molecule has 0 aliphatic carbocycles. The molecule has 8 heteroatoms. The molecule has 2 aromatic carbocycles. The molecule has 1 fully saturated rings. The van der Waals surface area contributed by atoms with E-state index in [0.717, 1.165) is 23.0 Å². The van der Waals surface area contributed by atoms with Gasteiger partial charge in [-0.3, -0.25) is 14.7 Å². The Kier molecular flexibility index (Phi) is 7.78. The van der Waals surface area contributed by atoms with Gasteiger partial charge in [0.05, 0.1) is 22.9 Å². The minimum absolute atomic E-state index is 0.0692. The van der Waals surface area contributed by atoms with Crippen LogP contribution in [0.3, 0.4) is 0 Å². The van der Waals surface area contributed by atoms with Crippen LogP contribution in [-0.2, 0) is 6.54 Å². The van der Waals surface area contributed by atoms with Gasteiger partial charge >= 0.3 is 0 Å². The largest absolute Gasteiger partial charge is 0.362 e. The fraction of sp³-hybridized carbons (Fsp3) is 0.296. The first-order valence-electron chi connectivity index (χ1n) is 11.6. The smallest absolute Gasteiger partial charge is 0.255 e. The van der Waals surface area contributed by atoms with Crippen molar-refractivity contribution in [1.82, 2.24) is 14.9 Å². The predicted molar refractivity (Wildman–Crippen MR) is 140 cm³/mol. The van der Waals surface area contributed by atoms with Crippen LogP contribution in [0.5, 0.6) is 0 Å². The molecule has 1 aliphatic rings. The molecule has 1 saturated heterocycles. The molecule has 182 valence electrons. The highest BCUT2D eigenvalue weighted by Gasteiger charge is 2.22. The van der Waals surface area contributed by atoms with E-state index in [1.54, 1.807) is 18.3 Å². The van der Waals surface area contributed by atoms with Crippen LogP contribution in [0.1, 0.15) is 47.8 Å². The second kappa shape index (κ2) is 11.0. The Morgan fingerprint density at radius 2 is 2.17 bits per heavy atom. The summed E-state index contributed by atoms with van der Waals surface area (Å²) in [5.41, 5.74) is 3.00. The number of carbonyl (C=O) groups is 1. The van der Waals surface area contributed by atoms with Crippen molar-refractivity contribution in [3.05, 3.63) is 81.1 Å². The van der Waals surface area contributed by atoms with Gasteiger partial charge in [0.2, 0.25) is 0 Å². The summed E-state index contributed by atoms with van der Waals surface area (Å²) in [6.07, 6.45) is 3.32. The van der Waals surface area contributed by atoms with Crippen LogP contribution in [-0.4, -0.2) is 40.0 Å². The van der Waals surface area contributed by atoms with E-state index in [4.69, 9.17) is 11.6 Å². The second-order valence-corrected chi connectivity index (χ2v) is 9.16. The fourth-order valence-electron chi connectivity index (χ4n) is 4.13. The van der Waals surface area contributed by atoms with E-state index in [9.17, 15) is 9.18 Å². The molecule has 2 heterocycles. The number of nitrogens with one attached hydrogen (secondary N) is 2. The number of amides is 1. The molecule has 3 aromatic rings. The molecule has 1 aromatic heterocycles. The van der Waals surface area contributed by atoms with Crippen molar-refractivity contribution in [1.29, 1.82) is 0 Å². The van der Waals surface area contributed by atoms with Crippen LogP contribution in [0, 0.1) is 0 Å². The van der Waals surface area contributed by atoms with Gasteiger partial charge in [0.1, 0.15) is 12.0 Å². The zero-order valence-corrected chi connectivity index (χ0v) is 20.6. The molecule has 1 amide bonds. The first-order chi connectivity index (χ1) is 16.8. The number of benzene rings is 2. The summed E-state index contributed by atoms with van der Waals surface area (Å²) in [5, 5.41) is 8.14. The maximum Gasteiger partial charge on any atom is 0.255 e. The standard InChI is InChI=1S/C27H29ClFN5O/c1-4-25-18(3)32-26(14-30-25)31-17(2)19-6-5-7-23(12-19)33-27(35)20-8-9-21(24(28)13-20)15-34-11-10-22(29)16-34/h4-9,12-14,17,22H,3,10-11,15-16H2,1-2H3,(H,31,32)(H,33,35)/b25-4+/t17?,22-/m1/s1. The van der Waals surface area contributed by atoms with Crippen LogP contribution in [0.25, 0.3) is 12.7 Å². The number of halogens is 2. The molecule has 1 unspecified atom stereocenters. The third-order valence-corrected chi connectivity index (χ3v) is 6.44. The number of aromatic nitrogens is 2. The Labute approximate surface area is 209 Å². The quantitative estimate of drug-likeness (QED) is 0.513. The summed E-state index contributed by atoms with van der Waals surface area (Å²) in [6, 6.07) is 12.8. The number of alkyl halides is 1. The molecule has 6 nitrogen and oxygen atoms in total. The maximum absolute atomic E-state index is 13.4. The summed E-state index contributed by atoms with van der Waals surface area (Å²) >= 11 is 6.44. The number of carbonyl (C=O) groups excluding carboxylic acids is 1. The fourth-order valence-corrected chi connectivity index (χ4v) is 4.37. The van der Waals surface area contributed by atoms with Crippen molar-refractivity contribution >= 4 is 41.7 Å². The van der Waals surface area contributed by atoms with Gasteiger partial charge in [0.15, 0.2) is 0 Å². The van der Waals surface area contributed by atoms with E-state index in [2.05, 4.69) is 27.2 Å². The number of hydrogen-bond donors (Lipinski definition) is 2. The Morgan fingerprint density at radius 1 is 1.34 bits per heavy atom. The molecule has 2 N–H and O–H groups in total. The van der Waals surface area contributed by atoms with Gasteiger partial charge in [-0.1, -0.05) is 42.5 Å². The molecule has 1 aliphatic heterocycles. The van der Waals surface area contributed by atoms with Gasteiger partial charge in [-0.25, -0.2) is 9.37 Å². The van der Waals surface area contributed by atoms with Crippen LogP contribution in [0.2, 0.25) is 5.02 Å². The summed E-state index contributed by atoms with van der Waals surface area (Å²) in [6.45, 7) is 9.55. The van der Waals surface area contributed by atoms with Gasteiger partial charge in [0, 0.05) is 35.9 Å². The number of nitrogens with zero attached hydrogens (tertiary/aromatic N) is 3. The van der Waals surface area contributed by atoms with Crippen molar-refractivity contribution in [3.8, 4) is 0 Å². The number of anilines is 2. The lowest BCUT2D eigenvalue weighted by Gasteiger charge is -2.17. The molecule has 0 bridgehead atoms. The molecule has 4 rings (SSSR count). The third-order valence-electron chi connectivity index (χ3n) is 6.08. The molecule has 2 atom stereocenters. The predicted octanol–water partition coefficient (Wildman–Crippen LogP) is 4.31. The third kappa shape index (κ3) is 6.24. The minimum atomic E-state index is -0.776. The minimum Gasteiger partial charge on any atom is -0.362 e. The molecule has 0 radical (unpaired) electrons. The summed E-state index contributed by atoms with van der Waals surface area (Å²) in [7, 11) is 0. The van der Waals surface area contributed by atoms with Crippen LogP contribution in [0.4, 0.5) is 15.9 Å². The first kappa shape index (κ1) is 24.8. The number of likely N-dealkylation sites (tertiary alicyclic amines) is 1. The van der Waals surface area contributed by atoms with Gasteiger partial charge < -0.3 is 10.6 Å². The Morgan fingerprint density at radius 3 is 2.86 bits per heavy atom. The monoisotopic (exact) mass is 493 g/mol. The highest BCUT2D eigenvalue weighted by Crippen LogP contribution is 2.24. The summed E-state index contributed by atoms with van der Waals surface area (Å²) in [4.78, 5) is 23.7. The molecular formula is C27H29ClFN5O. The maximum atomic E-state index is 13.4. The van der Waals surface area contributed by atoms with Gasteiger partial charge in [-0.15, -0.1) is 0 Å². The molecular weight excluding hydrogens is 465 g/mol. The van der Waals surface area contributed by atoms with Crippen LogP contribution in [0.15, 0.2) is 48.7 Å². The lowest BCUT2D eigenvalue weighted by atomic mass is 10.1. The number of rotatable bonds is 7. The van der Waals surface area contributed by atoms with E-state index >= 15 is 0 Å². The zero-order valence-electron chi connectivity index (χ0n) is 19.9. The van der Waals surface area contributed by atoms with E-state index in [-0.39, 0.29) is 11.9 Å². The van der Waals surface area contributed by atoms with Crippen molar-refractivity contribution in [2.45, 2.75) is 39.0 Å². The van der Waals surface area contributed by atoms with E-state index in [0.29, 0.717) is 47.0 Å². The highest BCUT2D eigenvalue weighted by molar-refractivity contribution is 6.31. The van der Waals surface area contributed by atoms with Crippen molar-refractivity contribution in [2.24, 2.45) is 0 Å². The normalized spacial score (nSPS) is 17.4. The first-order valence-corrected chi connectivity index (χ1v) is 12.0. The average molecular weight is 494 g/mol. The van der Waals surface area contributed by atoms with Gasteiger partial charge in [0.25, 0.3) is 5.91 Å². The van der Waals surface area contributed by atoms with Crippen molar-refractivity contribution in [2.75, 3.05) is 23.7 Å². The molecule has 0 spiro atoms. The average Bonchev–Trinajstić information content (AvgIpc) is 3.25. The topological polar surface area (TPSA) is 70.2 Å².